The van der Waals surface area contributed by atoms with Crippen molar-refractivity contribution in [2.24, 2.45) is 0 Å². The van der Waals surface area contributed by atoms with Crippen LogP contribution < -0.4 is 10.6 Å². The van der Waals surface area contributed by atoms with E-state index >= 15 is 0 Å². The zero-order chi connectivity index (χ0) is 20.3. The SMILES string of the molecule is CC(=O)Nc1cc(NC(=O)c2[nH]c(C)c(C(=O)OC(C)C)c2C)ccc1F. The molecule has 2 aromatic rings. The van der Waals surface area contributed by atoms with Crippen molar-refractivity contribution in [3.8, 4) is 0 Å². The molecule has 1 aromatic heterocycles. The van der Waals surface area contributed by atoms with Gasteiger partial charge in [0, 0.05) is 18.3 Å². The summed E-state index contributed by atoms with van der Waals surface area (Å²) in [5, 5.41) is 4.97. The summed E-state index contributed by atoms with van der Waals surface area (Å²) in [5.74, 6) is -2.06. The van der Waals surface area contributed by atoms with Crippen LogP contribution in [0.3, 0.4) is 0 Å². The molecule has 27 heavy (non-hydrogen) atoms. The normalized spacial score (nSPS) is 10.6. The van der Waals surface area contributed by atoms with Crippen LogP contribution in [0.15, 0.2) is 18.2 Å². The number of halogens is 1. The molecule has 0 radical (unpaired) electrons. The van der Waals surface area contributed by atoms with Crippen LogP contribution in [0.4, 0.5) is 15.8 Å². The summed E-state index contributed by atoms with van der Waals surface area (Å²) in [4.78, 5) is 38.8. The average molecular weight is 375 g/mol. The Morgan fingerprint density at radius 1 is 1.15 bits per heavy atom. The van der Waals surface area contributed by atoms with Gasteiger partial charge in [-0.25, -0.2) is 9.18 Å². The first-order valence-electron chi connectivity index (χ1n) is 8.38. The van der Waals surface area contributed by atoms with E-state index in [1.54, 1.807) is 27.7 Å². The molecule has 7 nitrogen and oxygen atoms in total. The molecule has 1 heterocycles. The molecule has 1 aromatic carbocycles. The number of benzene rings is 1. The molecule has 0 saturated heterocycles. The van der Waals surface area contributed by atoms with Gasteiger partial charge in [0.1, 0.15) is 11.5 Å². The molecule has 8 heteroatoms. The predicted molar refractivity (Wildman–Crippen MR) is 99.5 cm³/mol. The van der Waals surface area contributed by atoms with Gasteiger partial charge in [0.15, 0.2) is 0 Å². The number of hydrogen-bond donors (Lipinski definition) is 3. The smallest absolute Gasteiger partial charge is 0.340 e. The summed E-state index contributed by atoms with van der Waals surface area (Å²) in [6.07, 6.45) is -0.283. The predicted octanol–water partition coefficient (Wildman–Crippen LogP) is 3.55. The minimum atomic E-state index is -0.617. The molecule has 0 aliphatic rings. The van der Waals surface area contributed by atoms with Crippen LogP contribution in [-0.4, -0.2) is 28.9 Å². The van der Waals surface area contributed by atoms with E-state index < -0.39 is 23.6 Å². The van der Waals surface area contributed by atoms with Gasteiger partial charge in [-0.15, -0.1) is 0 Å². The number of anilines is 2. The number of ether oxygens (including phenoxy) is 1. The number of esters is 1. The van der Waals surface area contributed by atoms with E-state index in [0.717, 1.165) is 6.07 Å². The highest BCUT2D eigenvalue weighted by Crippen LogP contribution is 2.23. The summed E-state index contributed by atoms with van der Waals surface area (Å²) in [6, 6.07) is 3.82. The third-order valence-corrected chi connectivity index (χ3v) is 3.75. The van der Waals surface area contributed by atoms with E-state index in [1.165, 1.54) is 19.1 Å². The standard InChI is InChI=1S/C19H22FN3O4/c1-9(2)27-19(26)16-10(3)17(21-11(16)4)18(25)23-13-6-7-14(20)15(8-13)22-12(5)24/h6-9,21H,1-5H3,(H,22,24)(H,23,25). The summed E-state index contributed by atoms with van der Waals surface area (Å²) < 4.78 is 18.9. The Labute approximate surface area is 156 Å². The highest BCUT2D eigenvalue weighted by Gasteiger charge is 2.23. The number of carbonyl (C=O) groups is 3. The van der Waals surface area contributed by atoms with Crippen LogP contribution >= 0.6 is 0 Å². The fourth-order valence-electron chi connectivity index (χ4n) is 2.64. The first kappa shape index (κ1) is 20.2. The Morgan fingerprint density at radius 3 is 2.41 bits per heavy atom. The van der Waals surface area contributed by atoms with E-state index in [2.05, 4.69) is 15.6 Å². The van der Waals surface area contributed by atoms with Gasteiger partial charge in [-0.2, -0.15) is 0 Å². The maximum Gasteiger partial charge on any atom is 0.340 e. The molecule has 0 spiro atoms. The van der Waals surface area contributed by atoms with Crippen molar-refractivity contribution >= 4 is 29.2 Å². The van der Waals surface area contributed by atoms with Gasteiger partial charge >= 0.3 is 5.97 Å². The summed E-state index contributed by atoms with van der Waals surface area (Å²) in [6.45, 7) is 8.05. The monoisotopic (exact) mass is 375 g/mol. The van der Waals surface area contributed by atoms with Crippen LogP contribution in [0.5, 0.6) is 0 Å². The molecule has 0 aliphatic heterocycles. The van der Waals surface area contributed by atoms with Crippen LogP contribution in [0.1, 0.15) is 52.9 Å². The van der Waals surface area contributed by atoms with Gasteiger partial charge in [-0.1, -0.05) is 0 Å². The molecule has 0 fully saturated rings. The van der Waals surface area contributed by atoms with Gasteiger partial charge in [-0.3, -0.25) is 9.59 Å². The lowest BCUT2D eigenvalue weighted by Gasteiger charge is -2.09. The number of rotatable bonds is 5. The van der Waals surface area contributed by atoms with Gasteiger partial charge in [0.25, 0.3) is 5.91 Å². The molecule has 2 rings (SSSR count). The second kappa shape index (κ2) is 8.03. The van der Waals surface area contributed by atoms with Crippen LogP contribution in [0.2, 0.25) is 0 Å². The van der Waals surface area contributed by atoms with Crippen molar-refractivity contribution in [3.63, 3.8) is 0 Å². The third-order valence-electron chi connectivity index (χ3n) is 3.75. The zero-order valence-corrected chi connectivity index (χ0v) is 15.8. The Morgan fingerprint density at radius 2 is 1.81 bits per heavy atom. The third kappa shape index (κ3) is 4.72. The molecule has 0 aliphatic carbocycles. The minimum Gasteiger partial charge on any atom is -0.459 e. The number of amides is 2. The molecular weight excluding hydrogens is 353 g/mol. The highest BCUT2D eigenvalue weighted by molar-refractivity contribution is 6.07. The van der Waals surface area contributed by atoms with E-state index in [0.29, 0.717) is 22.5 Å². The lowest BCUT2D eigenvalue weighted by atomic mass is 10.1. The Bertz CT molecular complexity index is 903. The Kier molecular flexibility index (Phi) is 5.99. The van der Waals surface area contributed by atoms with Crippen molar-refractivity contribution in [1.29, 1.82) is 0 Å². The fraction of sp³-hybridized carbons (Fsp3) is 0.316. The van der Waals surface area contributed by atoms with Gasteiger partial charge < -0.3 is 20.4 Å². The summed E-state index contributed by atoms with van der Waals surface area (Å²) >= 11 is 0. The number of aromatic amines is 1. The lowest BCUT2D eigenvalue weighted by Crippen LogP contribution is -2.16. The molecule has 2 amide bonds. The summed E-state index contributed by atoms with van der Waals surface area (Å²) in [7, 11) is 0. The molecule has 0 saturated carbocycles. The number of carbonyl (C=O) groups excluding carboxylic acids is 3. The van der Waals surface area contributed by atoms with E-state index in [1.807, 2.05) is 0 Å². The fourth-order valence-corrected chi connectivity index (χ4v) is 2.64. The minimum absolute atomic E-state index is 0.0408. The van der Waals surface area contributed by atoms with Crippen molar-refractivity contribution in [2.45, 2.75) is 40.7 Å². The number of nitrogens with one attached hydrogen (secondary N) is 3. The second-order valence-electron chi connectivity index (χ2n) is 6.41. The van der Waals surface area contributed by atoms with E-state index in [9.17, 15) is 18.8 Å². The molecule has 3 N–H and O–H groups in total. The topological polar surface area (TPSA) is 100 Å². The quantitative estimate of drug-likeness (QED) is 0.696. The Balaban J connectivity index is 2.27. The first-order valence-corrected chi connectivity index (χ1v) is 8.38. The molecule has 0 unspecified atom stereocenters. The van der Waals surface area contributed by atoms with Crippen molar-refractivity contribution in [2.75, 3.05) is 10.6 Å². The van der Waals surface area contributed by atoms with Crippen molar-refractivity contribution in [1.82, 2.24) is 4.98 Å². The maximum atomic E-state index is 13.7. The lowest BCUT2D eigenvalue weighted by molar-refractivity contribution is -0.114. The number of hydrogen-bond acceptors (Lipinski definition) is 4. The van der Waals surface area contributed by atoms with E-state index in [-0.39, 0.29) is 17.5 Å². The highest BCUT2D eigenvalue weighted by atomic mass is 19.1. The second-order valence-corrected chi connectivity index (χ2v) is 6.41. The average Bonchev–Trinajstić information content (AvgIpc) is 2.84. The van der Waals surface area contributed by atoms with E-state index in [4.69, 9.17) is 4.74 Å². The van der Waals surface area contributed by atoms with Crippen LogP contribution in [0, 0.1) is 19.7 Å². The maximum absolute atomic E-state index is 13.7. The van der Waals surface area contributed by atoms with Crippen LogP contribution in [-0.2, 0) is 9.53 Å². The number of H-pyrrole nitrogens is 1. The molecule has 144 valence electrons. The van der Waals surface area contributed by atoms with Gasteiger partial charge in [-0.05, 0) is 51.5 Å². The largest absolute Gasteiger partial charge is 0.459 e. The molecule has 0 atom stereocenters. The van der Waals surface area contributed by atoms with Gasteiger partial charge in [0.2, 0.25) is 5.91 Å². The molecule has 0 bridgehead atoms. The zero-order valence-electron chi connectivity index (χ0n) is 15.8. The van der Waals surface area contributed by atoms with Crippen molar-refractivity contribution in [3.05, 3.63) is 46.5 Å². The van der Waals surface area contributed by atoms with Crippen LogP contribution in [0.25, 0.3) is 0 Å². The van der Waals surface area contributed by atoms with Crippen molar-refractivity contribution < 1.29 is 23.5 Å². The summed E-state index contributed by atoms with van der Waals surface area (Å²) in [5.41, 5.74) is 1.74. The Hall–Kier alpha value is -3.16. The van der Waals surface area contributed by atoms with Gasteiger partial charge in [0.05, 0.1) is 17.4 Å². The number of aromatic nitrogens is 1. The number of aryl methyl sites for hydroxylation is 1. The molecular formula is C19H22FN3O4. The first-order chi connectivity index (χ1) is 12.6.